The first-order chi connectivity index (χ1) is 9.04. The van der Waals surface area contributed by atoms with E-state index in [0.717, 1.165) is 28.7 Å². The zero-order chi connectivity index (χ0) is 13.6. The van der Waals surface area contributed by atoms with Crippen molar-refractivity contribution in [3.05, 3.63) is 33.4 Å². The molecule has 19 heavy (non-hydrogen) atoms. The highest BCUT2D eigenvalue weighted by Crippen LogP contribution is 2.45. The quantitative estimate of drug-likeness (QED) is 0.664. The molecule has 0 radical (unpaired) electrons. The smallest absolute Gasteiger partial charge is 0.272 e. The Hall–Kier alpha value is -1.58. The maximum Gasteiger partial charge on any atom is 0.272 e. The van der Waals surface area contributed by atoms with Crippen LogP contribution in [0.25, 0.3) is 0 Å². The molecule has 2 aliphatic rings. The predicted octanol–water partition coefficient (Wildman–Crippen LogP) is 3.81. The van der Waals surface area contributed by atoms with Gasteiger partial charge in [-0.2, -0.15) is 0 Å². The van der Waals surface area contributed by atoms with Crippen LogP contribution in [-0.4, -0.2) is 11.0 Å². The summed E-state index contributed by atoms with van der Waals surface area (Å²) in [5.41, 5.74) is 3.00. The van der Waals surface area contributed by atoms with E-state index in [4.69, 9.17) is 0 Å². The van der Waals surface area contributed by atoms with Gasteiger partial charge in [0.05, 0.1) is 4.92 Å². The predicted molar refractivity (Wildman–Crippen MR) is 75.4 cm³/mol. The Balaban J connectivity index is 1.81. The normalized spacial score (nSPS) is 28.6. The van der Waals surface area contributed by atoms with E-state index < -0.39 is 0 Å². The Bertz CT molecular complexity index is 527. The fourth-order valence-corrected chi connectivity index (χ4v) is 3.77. The van der Waals surface area contributed by atoms with Gasteiger partial charge in [0.15, 0.2) is 0 Å². The third-order valence-electron chi connectivity index (χ3n) is 4.82. The summed E-state index contributed by atoms with van der Waals surface area (Å²) in [4.78, 5) is 10.6. The van der Waals surface area contributed by atoms with E-state index in [1.54, 1.807) is 6.07 Å². The number of rotatable bonds is 3. The van der Waals surface area contributed by atoms with Gasteiger partial charge in [-0.05, 0) is 56.6 Å². The number of nitro groups is 1. The van der Waals surface area contributed by atoms with E-state index in [2.05, 4.69) is 5.32 Å². The molecule has 0 aliphatic heterocycles. The van der Waals surface area contributed by atoms with Crippen molar-refractivity contribution < 1.29 is 4.92 Å². The monoisotopic (exact) mass is 260 g/mol. The number of aryl methyl sites for hydroxylation is 2. The van der Waals surface area contributed by atoms with Crippen LogP contribution in [0.3, 0.4) is 0 Å². The number of benzene rings is 1. The standard InChI is InChI=1S/C15H20N2O2/c1-9-6-15(17(18)19)10(2)5-13(9)16-14-8-11-3-4-12(14)7-11/h5-6,11-12,14,16H,3-4,7-8H2,1-2H3. The molecule has 3 unspecified atom stereocenters. The van der Waals surface area contributed by atoms with Crippen molar-refractivity contribution in [2.24, 2.45) is 11.8 Å². The van der Waals surface area contributed by atoms with Crippen LogP contribution in [0.15, 0.2) is 12.1 Å². The van der Waals surface area contributed by atoms with Crippen LogP contribution in [0.4, 0.5) is 11.4 Å². The summed E-state index contributed by atoms with van der Waals surface area (Å²) in [6, 6.07) is 4.18. The molecule has 2 fully saturated rings. The lowest BCUT2D eigenvalue weighted by Crippen LogP contribution is -2.26. The van der Waals surface area contributed by atoms with Crippen molar-refractivity contribution in [2.45, 2.75) is 45.6 Å². The van der Waals surface area contributed by atoms with Crippen molar-refractivity contribution >= 4 is 11.4 Å². The zero-order valence-corrected chi connectivity index (χ0v) is 11.5. The molecular formula is C15H20N2O2. The molecule has 0 heterocycles. The lowest BCUT2D eigenvalue weighted by Gasteiger charge is -2.25. The number of nitrogens with one attached hydrogen (secondary N) is 1. The largest absolute Gasteiger partial charge is 0.382 e. The van der Waals surface area contributed by atoms with Crippen LogP contribution in [-0.2, 0) is 0 Å². The van der Waals surface area contributed by atoms with Gasteiger partial charge in [-0.25, -0.2) is 0 Å². The van der Waals surface area contributed by atoms with Gasteiger partial charge < -0.3 is 5.32 Å². The average Bonchev–Trinajstić information content (AvgIpc) is 2.95. The minimum atomic E-state index is -0.302. The number of nitro benzene ring substituents is 1. The first kappa shape index (κ1) is 12.5. The Morgan fingerprint density at radius 2 is 2.00 bits per heavy atom. The van der Waals surface area contributed by atoms with Crippen molar-refractivity contribution in [2.75, 3.05) is 5.32 Å². The van der Waals surface area contributed by atoms with Crippen molar-refractivity contribution in [3.8, 4) is 0 Å². The number of hydrogen-bond acceptors (Lipinski definition) is 3. The zero-order valence-electron chi connectivity index (χ0n) is 11.5. The maximum absolute atomic E-state index is 10.9. The first-order valence-electron chi connectivity index (χ1n) is 7.06. The Kier molecular flexibility index (Phi) is 2.96. The SMILES string of the molecule is Cc1cc([N+](=O)[O-])c(C)cc1NC1CC2CCC1C2. The highest BCUT2D eigenvalue weighted by molar-refractivity contribution is 5.59. The molecule has 3 atom stereocenters. The molecule has 102 valence electrons. The number of nitrogens with zero attached hydrogens (tertiary/aromatic N) is 1. The molecule has 0 spiro atoms. The van der Waals surface area contributed by atoms with Crippen LogP contribution in [0.5, 0.6) is 0 Å². The van der Waals surface area contributed by atoms with Gasteiger partial charge in [0, 0.05) is 23.4 Å². The first-order valence-corrected chi connectivity index (χ1v) is 7.06. The minimum absolute atomic E-state index is 0.219. The van der Waals surface area contributed by atoms with E-state index in [-0.39, 0.29) is 10.6 Å². The molecule has 0 amide bonds. The molecule has 3 rings (SSSR count). The molecule has 0 aromatic heterocycles. The van der Waals surface area contributed by atoms with Crippen LogP contribution < -0.4 is 5.32 Å². The lowest BCUT2D eigenvalue weighted by molar-refractivity contribution is -0.385. The van der Waals surface area contributed by atoms with Gasteiger partial charge in [0.1, 0.15) is 0 Å². The van der Waals surface area contributed by atoms with Gasteiger partial charge in [-0.15, -0.1) is 0 Å². The highest BCUT2D eigenvalue weighted by Gasteiger charge is 2.39. The summed E-state index contributed by atoms with van der Waals surface area (Å²) >= 11 is 0. The average molecular weight is 260 g/mol. The second-order valence-electron chi connectivity index (χ2n) is 6.14. The molecular weight excluding hydrogens is 240 g/mol. The molecule has 2 saturated carbocycles. The van der Waals surface area contributed by atoms with E-state index in [1.165, 1.54) is 25.7 Å². The summed E-state index contributed by atoms with van der Waals surface area (Å²) in [5.74, 6) is 1.71. The maximum atomic E-state index is 10.9. The molecule has 4 nitrogen and oxygen atoms in total. The molecule has 1 aromatic carbocycles. The fourth-order valence-electron chi connectivity index (χ4n) is 3.77. The lowest BCUT2D eigenvalue weighted by atomic mass is 9.94. The summed E-state index contributed by atoms with van der Waals surface area (Å²) < 4.78 is 0. The van der Waals surface area contributed by atoms with Crippen LogP contribution in [0.1, 0.15) is 36.8 Å². The summed E-state index contributed by atoms with van der Waals surface area (Å²) in [6.45, 7) is 3.76. The molecule has 2 aliphatic carbocycles. The van der Waals surface area contributed by atoms with Crippen LogP contribution in [0, 0.1) is 35.8 Å². The minimum Gasteiger partial charge on any atom is -0.382 e. The van der Waals surface area contributed by atoms with E-state index >= 15 is 0 Å². The highest BCUT2D eigenvalue weighted by atomic mass is 16.6. The van der Waals surface area contributed by atoms with Crippen molar-refractivity contribution in [3.63, 3.8) is 0 Å². The van der Waals surface area contributed by atoms with E-state index in [1.807, 2.05) is 19.9 Å². The summed E-state index contributed by atoms with van der Waals surface area (Å²) in [7, 11) is 0. The Morgan fingerprint density at radius 3 is 2.58 bits per heavy atom. The number of hydrogen-bond donors (Lipinski definition) is 1. The topological polar surface area (TPSA) is 55.2 Å². The second kappa shape index (κ2) is 4.51. The van der Waals surface area contributed by atoms with Gasteiger partial charge >= 0.3 is 0 Å². The Morgan fingerprint density at radius 1 is 1.21 bits per heavy atom. The van der Waals surface area contributed by atoms with Gasteiger partial charge in [0.2, 0.25) is 0 Å². The van der Waals surface area contributed by atoms with Gasteiger partial charge in [-0.3, -0.25) is 10.1 Å². The third-order valence-corrected chi connectivity index (χ3v) is 4.82. The van der Waals surface area contributed by atoms with Crippen LogP contribution >= 0.6 is 0 Å². The Labute approximate surface area is 113 Å². The van der Waals surface area contributed by atoms with Crippen molar-refractivity contribution in [1.82, 2.24) is 0 Å². The van der Waals surface area contributed by atoms with Gasteiger partial charge in [-0.1, -0.05) is 6.42 Å². The summed E-state index contributed by atoms with van der Waals surface area (Å²) in [6.07, 6.45) is 5.36. The van der Waals surface area contributed by atoms with E-state index in [9.17, 15) is 10.1 Å². The van der Waals surface area contributed by atoms with Gasteiger partial charge in [0.25, 0.3) is 5.69 Å². The molecule has 1 N–H and O–H groups in total. The second-order valence-corrected chi connectivity index (χ2v) is 6.14. The fraction of sp³-hybridized carbons (Fsp3) is 0.600. The summed E-state index contributed by atoms with van der Waals surface area (Å²) in [5, 5.41) is 14.5. The number of fused-ring (bicyclic) bond motifs is 2. The van der Waals surface area contributed by atoms with Crippen molar-refractivity contribution in [1.29, 1.82) is 0 Å². The molecule has 0 saturated heterocycles. The van der Waals surface area contributed by atoms with E-state index in [0.29, 0.717) is 6.04 Å². The van der Waals surface area contributed by atoms with Crippen LogP contribution in [0.2, 0.25) is 0 Å². The molecule has 2 bridgehead atoms. The molecule has 1 aromatic rings. The molecule has 4 heteroatoms. The third kappa shape index (κ3) is 2.20. The number of anilines is 1.